The Morgan fingerprint density at radius 2 is 1.48 bits per heavy atom. The number of ether oxygens (including phenoxy) is 2. The van der Waals surface area contributed by atoms with E-state index in [9.17, 15) is 4.79 Å². The number of ketones is 1. The van der Waals surface area contributed by atoms with Crippen molar-refractivity contribution in [3.05, 3.63) is 24.8 Å². The van der Waals surface area contributed by atoms with Gasteiger partial charge in [0.15, 0.2) is 0 Å². The lowest BCUT2D eigenvalue weighted by atomic mass is 9.70. The number of carbonyl (C=O) groups excluding carboxylic acids is 1. The Hall–Kier alpha value is -0.930. The maximum atomic E-state index is 12.2. The van der Waals surface area contributed by atoms with Crippen LogP contribution in [0.2, 0.25) is 0 Å². The Morgan fingerprint density at radius 1 is 0.966 bits per heavy atom. The molecule has 0 heterocycles. The average molecular weight is 409 g/mol. The molecule has 29 heavy (non-hydrogen) atoms. The third-order valence-corrected chi connectivity index (χ3v) is 5.99. The molecule has 0 bridgehead atoms. The van der Waals surface area contributed by atoms with Crippen molar-refractivity contribution in [1.29, 1.82) is 0 Å². The van der Waals surface area contributed by atoms with Crippen LogP contribution in [0, 0.1) is 10.8 Å². The molecule has 0 radical (unpaired) electrons. The fraction of sp³-hybridized carbons (Fsp3) is 0.808. The van der Waals surface area contributed by atoms with Crippen LogP contribution >= 0.6 is 0 Å². The quantitative estimate of drug-likeness (QED) is 0.318. The Balaban J connectivity index is 5.18. The molecule has 3 heteroatoms. The van der Waals surface area contributed by atoms with E-state index in [4.69, 9.17) is 9.47 Å². The van der Waals surface area contributed by atoms with Gasteiger partial charge in [-0.15, -0.1) is 6.58 Å². The molecule has 0 aliphatic carbocycles. The summed E-state index contributed by atoms with van der Waals surface area (Å²) in [7, 11) is 0. The summed E-state index contributed by atoms with van der Waals surface area (Å²) in [5.74, 6) is 0.302. The van der Waals surface area contributed by atoms with Gasteiger partial charge in [-0.3, -0.25) is 4.79 Å². The van der Waals surface area contributed by atoms with Crippen LogP contribution in [0.1, 0.15) is 102 Å². The van der Waals surface area contributed by atoms with E-state index in [1.54, 1.807) is 0 Å². The van der Waals surface area contributed by atoms with Crippen LogP contribution in [-0.2, 0) is 14.3 Å². The molecule has 0 aliphatic rings. The van der Waals surface area contributed by atoms with Gasteiger partial charge in [-0.2, -0.15) is 0 Å². The SMILES string of the molecule is C=CCC(CCCC(=O)C(C)(C)C)OC(C)(C)C(C)(C)C(=C)C(C)OC(C)(C)C. The second-order valence-corrected chi connectivity index (χ2v) is 11.4. The third kappa shape index (κ3) is 9.17. The smallest absolute Gasteiger partial charge is 0.138 e. The van der Waals surface area contributed by atoms with E-state index in [1.807, 2.05) is 26.8 Å². The van der Waals surface area contributed by atoms with E-state index < -0.39 is 5.60 Å². The predicted octanol–water partition coefficient (Wildman–Crippen LogP) is 7.30. The van der Waals surface area contributed by atoms with Crippen molar-refractivity contribution in [1.82, 2.24) is 0 Å². The van der Waals surface area contributed by atoms with Crippen molar-refractivity contribution in [2.45, 2.75) is 125 Å². The molecule has 2 unspecified atom stereocenters. The number of Topliss-reactive ketones (excluding diaryl/α,β-unsaturated/α-hetero) is 1. The van der Waals surface area contributed by atoms with Crippen LogP contribution in [0.3, 0.4) is 0 Å². The normalized spacial score (nSPS) is 15.7. The van der Waals surface area contributed by atoms with Crippen LogP contribution in [0.15, 0.2) is 24.8 Å². The highest BCUT2D eigenvalue weighted by Gasteiger charge is 2.43. The van der Waals surface area contributed by atoms with Gasteiger partial charge in [0, 0.05) is 17.3 Å². The number of hydrogen-bond donors (Lipinski definition) is 0. The highest BCUT2D eigenvalue weighted by atomic mass is 16.5. The number of hydrogen-bond acceptors (Lipinski definition) is 3. The number of rotatable bonds is 12. The van der Waals surface area contributed by atoms with Crippen molar-refractivity contribution >= 4 is 5.78 Å². The van der Waals surface area contributed by atoms with E-state index >= 15 is 0 Å². The lowest BCUT2D eigenvalue weighted by Gasteiger charge is -2.47. The summed E-state index contributed by atoms with van der Waals surface area (Å²) in [6, 6.07) is 0. The van der Waals surface area contributed by atoms with Gasteiger partial charge in [0.2, 0.25) is 0 Å². The largest absolute Gasteiger partial charge is 0.371 e. The molecule has 3 nitrogen and oxygen atoms in total. The zero-order chi connectivity index (χ0) is 23.3. The van der Waals surface area contributed by atoms with Gasteiger partial charge in [-0.05, 0) is 66.4 Å². The molecule has 2 atom stereocenters. The summed E-state index contributed by atoms with van der Waals surface area (Å²) in [6.07, 6.45) is 4.89. The summed E-state index contributed by atoms with van der Waals surface area (Å²) in [4.78, 5) is 12.2. The fourth-order valence-corrected chi connectivity index (χ4v) is 3.34. The lowest BCUT2D eigenvalue weighted by molar-refractivity contribution is -0.136. The van der Waals surface area contributed by atoms with Crippen LogP contribution in [0.25, 0.3) is 0 Å². The molecule has 170 valence electrons. The molecule has 0 rings (SSSR count). The van der Waals surface area contributed by atoms with Crippen molar-refractivity contribution < 1.29 is 14.3 Å². The van der Waals surface area contributed by atoms with Crippen molar-refractivity contribution in [2.24, 2.45) is 10.8 Å². The molecular weight excluding hydrogens is 360 g/mol. The molecule has 0 aliphatic heterocycles. The van der Waals surface area contributed by atoms with Crippen LogP contribution in [0.4, 0.5) is 0 Å². The van der Waals surface area contributed by atoms with E-state index in [0.717, 1.165) is 24.8 Å². The highest BCUT2D eigenvalue weighted by molar-refractivity contribution is 5.83. The van der Waals surface area contributed by atoms with Gasteiger partial charge in [-0.25, -0.2) is 0 Å². The first-order chi connectivity index (χ1) is 12.8. The molecule has 0 saturated carbocycles. The lowest BCUT2D eigenvalue weighted by Crippen LogP contribution is -2.48. The van der Waals surface area contributed by atoms with E-state index in [2.05, 4.69) is 68.5 Å². The third-order valence-electron chi connectivity index (χ3n) is 5.99. The first kappa shape index (κ1) is 28.1. The number of carbonyl (C=O) groups is 1. The minimum absolute atomic E-state index is 0.0289. The van der Waals surface area contributed by atoms with Crippen molar-refractivity contribution in [2.75, 3.05) is 0 Å². The first-order valence-electron chi connectivity index (χ1n) is 11.0. The zero-order valence-corrected chi connectivity index (χ0v) is 21.2. The second-order valence-electron chi connectivity index (χ2n) is 11.4. The van der Waals surface area contributed by atoms with E-state index in [-0.39, 0.29) is 28.6 Å². The molecule has 0 spiro atoms. The Labute approximate surface area is 181 Å². The maximum absolute atomic E-state index is 12.2. The van der Waals surface area contributed by atoms with Gasteiger partial charge in [-0.1, -0.05) is 47.3 Å². The van der Waals surface area contributed by atoms with Gasteiger partial charge >= 0.3 is 0 Å². The first-order valence-corrected chi connectivity index (χ1v) is 11.0. The second kappa shape index (κ2) is 10.4. The van der Waals surface area contributed by atoms with Crippen LogP contribution < -0.4 is 0 Å². The zero-order valence-electron chi connectivity index (χ0n) is 21.2. The van der Waals surface area contributed by atoms with Gasteiger partial charge in [0.1, 0.15) is 5.78 Å². The van der Waals surface area contributed by atoms with E-state index in [0.29, 0.717) is 12.2 Å². The molecule has 0 fully saturated rings. The van der Waals surface area contributed by atoms with Gasteiger partial charge in [0.25, 0.3) is 0 Å². The van der Waals surface area contributed by atoms with Crippen molar-refractivity contribution in [3.8, 4) is 0 Å². The fourth-order valence-electron chi connectivity index (χ4n) is 3.34. The summed E-state index contributed by atoms with van der Waals surface area (Å²) in [5, 5.41) is 0. The Bertz CT molecular complexity index is 555. The summed E-state index contributed by atoms with van der Waals surface area (Å²) >= 11 is 0. The minimum atomic E-state index is -0.443. The molecule has 0 N–H and O–H groups in total. The summed E-state index contributed by atoms with van der Waals surface area (Å²) in [5.41, 5.74) is -0.219. The Kier molecular flexibility index (Phi) is 10.1. The summed E-state index contributed by atoms with van der Waals surface area (Å²) < 4.78 is 12.8. The summed E-state index contributed by atoms with van der Waals surface area (Å²) in [6.45, 7) is 31.0. The van der Waals surface area contributed by atoms with Gasteiger partial charge < -0.3 is 9.47 Å². The molecule has 0 amide bonds. The maximum Gasteiger partial charge on any atom is 0.138 e. The molecule has 0 aromatic carbocycles. The van der Waals surface area contributed by atoms with Crippen LogP contribution in [-0.4, -0.2) is 29.2 Å². The molecule has 0 aromatic heterocycles. The minimum Gasteiger partial charge on any atom is -0.371 e. The van der Waals surface area contributed by atoms with Crippen molar-refractivity contribution in [3.63, 3.8) is 0 Å². The highest BCUT2D eigenvalue weighted by Crippen LogP contribution is 2.43. The Morgan fingerprint density at radius 3 is 1.90 bits per heavy atom. The average Bonchev–Trinajstić information content (AvgIpc) is 2.50. The molecular formula is C26H48O3. The van der Waals surface area contributed by atoms with Crippen LogP contribution in [0.5, 0.6) is 0 Å². The van der Waals surface area contributed by atoms with Gasteiger partial charge in [0.05, 0.1) is 23.4 Å². The standard InChI is InChI=1S/C26H48O3/c1-14-16-21(17-15-18-22(27)23(4,5)6)29-26(12,13)25(10,11)19(2)20(3)28-24(7,8)9/h14,20-21H,1-2,15-18H2,3-13H3. The molecule has 0 saturated heterocycles. The predicted molar refractivity (Wildman–Crippen MR) is 125 cm³/mol. The monoisotopic (exact) mass is 408 g/mol. The van der Waals surface area contributed by atoms with E-state index in [1.165, 1.54) is 0 Å². The topological polar surface area (TPSA) is 35.5 Å². The molecule has 0 aromatic rings.